The van der Waals surface area contributed by atoms with Crippen molar-refractivity contribution in [3.63, 3.8) is 0 Å². The zero-order valence-corrected chi connectivity index (χ0v) is 14.6. The van der Waals surface area contributed by atoms with E-state index in [4.69, 9.17) is 0 Å². The van der Waals surface area contributed by atoms with Crippen LogP contribution in [0.1, 0.15) is 24.2 Å². The number of rotatable bonds is 5. The molecule has 0 spiro atoms. The maximum atomic E-state index is 12.6. The quantitative estimate of drug-likeness (QED) is 0.824. The maximum absolute atomic E-state index is 12.6. The van der Waals surface area contributed by atoms with Crippen LogP contribution in [-0.4, -0.2) is 53.8 Å². The molecule has 1 aliphatic heterocycles. The summed E-state index contributed by atoms with van der Waals surface area (Å²) in [5.74, 6) is 0.0630. The topological polar surface area (TPSA) is 66.4 Å². The molecule has 128 valence electrons. The number of benzene rings is 1. The van der Waals surface area contributed by atoms with Crippen molar-refractivity contribution in [3.05, 3.63) is 60.2 Å². The fourth-order valence-electron chi connectivity index (χ4n) is 2.96. The second kappa shape index (κ2) is 7.38. The normalized spacial score (nSPS) is 18.4. The Morgan fingerprint density at radius 1 is 1.08 bits per heavy atom. The molecule has 1 unspecified atom stereocenters. The van der Waals surface area contributed by atoms with E-state index in [1.165, 1.54) is 0 Å². The molecule has 0 aliphatic carbocycles. The first kappa shape index (κ1) is 17.0. The average Bonchev–Trinajstić information content (AvgIpc) is 2.62. The SMILES string of the molecule is CC(c1cnccn1)N1CCN(S(=O)(=O)Cc2ccccc2)CC1. The van der Waals surface area contributed by atoms with E-state index in [1.807, 2.05) is 30.3 Å². The minimum Gasteiger partial charge on any atom is -0.292 e. The van der Waals surface area contributed by atoms with Crippen molar-refractivity contribution in [2.75, 3.05) is 26.2 Å². The molecule has 1 aromatic carbocycles. The summed E-state index contributed by atoms with van der Waals surface area (Å²) in [7, 11) is -3.27. The van der Waals surface area contributed by atoms with Gasteiger partial charge in [-0.2, -0.15) is 4.31 Å². The number of hydrogen-bond donors (Lipinski definition) is 0. The van der Waals surface area contributed by atoms with E-state index in [1.54, 1.807) is 22.9 Å². The molecule has 1 aromatic heterocycles. The van der Waals surface area contributed by atoms with E-state index in [0.717, 1.165) is 11.3 Å². The monoisotopic (exact) mass is 346 g/mol. The van der Waals surface area contributed by atoms with Gasteiger partial charge in [-0.15, -0.1) is 0 Å². The lowest BCUT2D eigenvalue weighted by molar-refractivity contribution is 0.143. The first-order valence-corrected chi connectivity index (χ1v) is 9.69. The number of piperazine rings is 1. The average molecular weight is 346 g/mol. The van der Waals surface area contributed by atoms with E-state index in [9.17, 15) is 8.42 Å². The Morgan fingerprint density at radius 3 is 2.42 bits per heavy atom. The summed E-state index contributed by atoms with van der Waals surface area (Å²) in [6.45, 7) is 4.51. The van der Waals surface area contributed by atoms with Gasteiger partial charge in [0.15, 0.2) is 0 Å². The molecule has 3 rings (SSSR count). The zero-order chi connectivity index (χ0) is 17.0. The van der Waals surface area contributed by atoms with Gasteiger partial charge in [-0.05, 0) is 12.5 Å². The van der Waals surface area contributed by atoms with Crippen LogP contribution < -0.4 is 0 Å². The van der Waals surface area contributed by atoms with Crippen LogP contribution in [-0.2, 0) is 15.8 Å². The second-order valence-corrected chi connectivity index (χ2v) is 7.95. The van der Waals surface area contributed by atoms with Crippen molar-refractivity contribution in [1.82, 2.24) is 19.2 Å². The van der Waals surface area contributed by atoms with Crippen LogP contribution in [0.4, 0.5) is 0 Å². The Hall–Kier alpha value is -1.83. The smallest absolute Gasteiger partial charge is 0.218 e. The first-order valence-electron chi connectivity index (χ1n) is 8.08. The molecule has 7 heteroatoms. The van der Waals surface area contributed by atoms with Crippen molar-refractivity contribution >= 4 is 10.0 Å². The molecule has 24 heavy (non-hydrogen) atoms. The molecule has 6 nitrogen and oxygen atoms in total. The van der Waals surface area contributed by atoms with Gasteiger partial charge in [-0.1, -0.05) is 30.3 Å². The lowest BCUT2D eigenvalue weighted by Crippen LogP contribution is -2.49. The highest BCUT2D eigenvalue weighted by molar-refractivity contribution is 7.88. The van der Waals surface area contributed by atoms with E-state index in [0.29, 0.717) is 26.2 Å². The summed E-state index contributed by atoms with van der Waals surface area (Å²) in [5, 5.41) is 0. The van der Waals surface area contributed by atoms with Crippen molar-refractivity contribution in [1.29, 1.82) is 0 Å². The minimum absolute atomic E-state index is 0.0630. The van der Waals surface area contributed by atoms with Crippen LogP contribution in [0.3, 0.4) is 0 Å². The van der Waals surface area contributed by atoms with E-state index in [-0.39, 0.29) is 11.8 Å². The van der Waals surface area contributed by atoms with E-state index >= 15 is 0 Å². The lowest BCUT2D eigenvalue weighted by Gasteiger charge is -2.37. The first-order chi connectivity index (χ1) is 11.6. The van der Waals surface area contributed by atoms with E-state index < -0.39 is 10.0 Å². The molecule has 0 saturated carbocycles. The predicted molar refractivity (Wildman–Crippen MR) is 92.7 cm³/mol. The van der Waals surface area contributed by atoms with Gasteiger partial charge in [0.2, 0.25) is 10.0 Å². The van der Waals surface area contributed by atoms with Gasteiger partial charge in [0.05, 0.1) is 17.5 Å². The molecule has 1 aliphatic rings. The van der Waals surface area contributed by atoms with Crippen molar-refractivity contribution < 1.29 is 8.42 Å². The molecular weight excluding hydrogens is 324 g/mol. The zero-order valence-electron chi connectivity index (χ0n) is 13.7. The molecule has 0 N–H and O–H groups in total. The van der Waals surface area contributed by atoms with E-state index in [2.05, 4.69) is 21.8 Å². The molecule has 1 fully saturated rings. The third-order valence-electron chi connectivity index (χ3n) is 4.42. The van der Waals surface area contributed by atoms with Gasteiger partial charge in [-0.25, -0.2) is 8.42 Å². The van der Waals surface area contributed by atoms with Crippen LogP contribution in [0.5, 0.6) is 0 Å². The number of hydrogen-bond acceptors (Lipinski definition) is 5. The van der Waals surface area contributed by atoms with Gasteiger partial charge < -0.3 is 0 Å². The Morgan fingerprint density at radius 2 is 1.79 bits per heavy atom. The predicted octanol–water partition coefficient (Wildman–Crippen LogP) is 1.69. The fourth-order valence-corrected chi connectivity index (χ4v) is 4.47. The summed E-state index contributed by atoms with van der Waals surface area (Å²) in [6.07, 6.45) is 5.11. The summed E-state index contributed by atoms with van der Waals surface area (Å²) in [5.41, 5.74) is 1.74. The van der Waals surface area contributed by atoms with Crippen LogP contribution >= 0.6 is 0 Å². The van der Waals surface area contributed by atoms with Gasteiger partial charge in [0.25, 0.3) is 0 Å². The van der Waals surface area contributed by atoms with Crippen molar-refractivity contribution in [3.8, 4) is 0 Å². The molecule has 0 amide bonds. The molecule has 0 radical (unpaired) electrons. The molecule has 1 saturated heterocycles. The van der Waals surface area contributed by atoms with Crippen LogP contribution in [0.2, 0.25) is 0 Å². The summed E-state index contributed by atoms with van der Waals surface area (Å²) in [4.78, 5) is 10.7. The fraction of sp³-hybridized carbons (Fsp3) is 0.412. The highest BCUT2D eigenvalue weighted by Gasteiger charge is 2.29. The number of nitrogens with zero attached hydrogens (tertiary/aromatic N) is 4. The lowest BCUT2D eigenvalue weighted by atomic mass is 10.2. The number of aromatic nitrogens is 2. The molecular formula is C17H22N4O2S. The van der Waals surface area contributed by atoms with Gasteiger partial charge in [0, 0.05) is 44.8 Å². The maximum Gasteiger partial charge on any atom is 0.218 e. The van der Waals surface area contributed by atoms with Gasteiger partial charge >= 0.3 is 0 Å². The molecule has 1 atom stereocenters. The van der Waals surface area contributed by atoms with Crippen LogP contribution in [0.15, 0.2) is 48.9 Å². The van der Waals surface area contributed by atoms with Crippen LogP contribution in [0.25, 0.3) is 0 Å². The third kappa shape index (κ3) is 3.98. The summed E-state index contributed by atoms with van der Waals surface area (Å²) >= 11 is 0. The van der Waals surface area contributed by atoms with Crippen molar-refractivity contribution in [2.45, 2.75) is 18.7 Å². The summed E-state index contributed by atoms with van der Waals surface area (Å²) < 4.78 is 26.8. The largest absolute Gasteiger partial charge is 0.292 e. The highest BCUT2D eigenvalue weighted by atomic mass is 32.2. The Kier molecular flexibility index (Phi) is 5.23. The van der Waals surface area contributed by atoms with Crippen LogP contribution in [0, 0.1) is 0 Å². The van der Waals surface area contributed by atoms with Crippen molar-refractivity contribution in [2.24, 2.45) is 0 Å². The molecule has 2 aromatic rings. The Balaban J connectivity index is 1.60. The molecule has 0 bridgehead atoms. The van der Waals surface area contributed by atoms with Gasteiger partial charge in [-0.3, -0.25) is 14.9 Å². The standard InChI is InChI=1S/C17H22N4O2S/c1-15(17-13-18-7-8-19-17)20-9-11-21(12-10-20)24(22,23)14-16-5-3-2-4-6-16/h2-8,13,15H,9-12,14H2,1H3. The Labute approximate surface area is 143 Å². The highest BCUT2D eigenvalue weighted by Crippen LogP contribution is 2.21. The second-order valence-electron chi connectivity index (χ2n) is 5.98. The Bertz CT molecular complexity index is 745. The van der Waals surface area contributed by atoms with Gasteiger partial charge in [0.1, 0.15) is 0 Å². The number of sulfonamides is 1. The third-order valence-corrected chi connectivity index (χ3v) is 6.27. The molecule has 2 heterocycles. The minimum atomic E-state index is -3.27. The summed E-state index contributed by atoms with van der Waals surface area (Å²) in [6, 6.07) is 9.46.